The predicted octanol–water partition coefficient (Wildman–Crippen LogP) is 2.60. The lowest BCUT2D eigenvalue weighted by atomic mass is 9.80. The zero-order valence-electron chi connectivity index (χ0n) is 17.2. The average Bonchev–Trinajstić information content (AvgIpc) is 3.10. The number of rotatable bonds is 6. The maximum Gasteiger partial charge on any atom is 0.167 e. The number of benzene rings is 1. The first-order valence-electron chi connectivity index (χ1n) is 10.7. The molecule has 3 unspecified atom stereocenters. The summed E-state index contributed by atoms with van der Waals surface area (Å²) in [5.41, 5.74) is 0.826. The maximum atomic E-state index is 13.7. The van der Waals surface area contributed by atoms with E-state index >= 15 is 0 Å². The number of nitrogens with zero attached hydrogens (tertiary/aromatic N) is 3. The van der Waals surface area contributed by atoms with E-state index in [1.54, 1.807) is 19.2 Å². The van der Waals surface area contributed by atoms with Crippen molar-refractivity contribution < 1.29 is 18.3 Å². The van der Waals surface area contributed by atoms with Gasteiger partial charge in [0.1, 0.15) is 11.6 Å². The Labute approximate surface area is 171 Å². The van der Waals surface area contributed by atoms with Gasteiger partial charge in [-0.15, -0.1) is 0 Å². The molecule has 4 rings (SSSR count). The van der Waals surface area contributed by atoms with Crippen LogP contribution in [0.4, 0.5) is 14.5 Å². The summed E-state index contributed by atoms with van der Waals surface area (Å²) in [4.78, 5) is 18.7. The number of hydrogen-bond donors (Lipinski definition) is 0. The van der Waals surface area contributed by atoms with Crippen LogP contribution >= 0.6 is 0 Å². The van der Waals surface area contributed by atoms with Crippen LogP contribution < -0.4 is 9.64 Å². The van der Waals surface area contributed by atoms with Gasteiger partial charge in [-0.1, -0.05) is 0 Å². The van der Waals surface area contributed by atoms with Crippen LogP contribution in [0.15, 0.2) is 18.2 Å². The van der Waals surface area contributed by atoms with E-state index < -0.39 is 6.17 Å². The molecule has 0 aromatic heterocycles. The van der Waals surface area contributed by atoms with Gasteiger partial charge in [-0.25, -0.2) is 8.78 Å². The second-order valence-corrected chi connectivity index (χ2v) is 8.65. The van der Waals surface area contributed by atoms with E-state index in [1.165, 1.54) is 6.07 Å². The zero-order valence-corrected chi connectivity index (χ0v) is 17.2. The van der Waals surface area contributed by atoms with Gasteiger partial charge in [-0.3, -0.25) is 9.69 Å². The summed E-state index contributed by atoms with van der Waals surface area (Å²) < 4.78 is 32.7. The van der Waals surface area contributed by atoms with Gasteiger partial charge in [-0.2, -0.15) is 0 Å². The number of halogens is 2. The minimum absolute atomic E-state index is 0.194. The second kappa shape index (κ2) is 8.96. The fraction of sp³-hybridized carbons (Fsp3) is 0.682. The third kappa shape index (κ3) is 4.72. The van der Waals surface area contributed by atoms with Crippen molar-refractivity contribution in [2.24, 2.45) is 11.8 Å². The summed E-state index contributed by atoms with van der Waals surface area (Å²) in [7, 11) is 1.62. The van der Waals surface area contributed by atoms with E-state index in [0.29, 0.717) is 30.4 Å². The molecule has 160 valence electrons. The lowest BCUT2D eigenvalue weighted by Crippen LogP contribution is -2.47. The molecule has 0 radical (unpaired) electrons. The molecule has 2 saturated heterocycles. The molecule has 7 heteroatoms. The van der Waals surface area contributed by atoms with E-state index in [2.05, 4.69) is 14.7 Å². The number of carbonyl (C=O) groups is 1. The van der Waals surface area contributed by atoms with Crippen molar-refractivity contribution in [2.45, 2.75) is 25.4 Å². The van der Waals surface area contributed by atoms with Crippen molar-refractivity contribution in [1.29, 1.82) is 0 Å². The first-order chi connectivity index (χ1) is 14.0. The maximum absolute atomic E-state index is 13.7. The third-order valence-electron chi connectivity index (χ3n) is 6.78. The normalized spacial score (nSPS) is 28.6. The summed E-state index contributed by atoms with van der Waals surface area (Å²) in [6, 6.07) is 4.66. The van der Waals surface area contributed by atoms with Crippen molar-refractivity contribution in [3.8, 4) is 5.75 Å². The van der Waals surface area contributed by atoms with Gasteiger partial charge in [0.05, 0.1) is 12.8 Å². The molecule has 5 nitrogen and oxygen atoms in total. The molecule has 3 atom stereocenters. The third-order valence-corrected chi connectivity index (χ3v) is 6.78. The summed E-state index contributed by atoms with van der Waals surface area (Å²) >= 11 is 0. The number of piperazine rings is 1. The van der Waals surface area contributed by atoms with E-state index in [-0.39, 0.29) is 11.6 Å². The van der Waals surface area contributed by atoms with Crippen LogP contribution in [0.3, 0.4) is 0 Å². The van der Waals surface area contributed by atoms with Crippen molar-refractivity contribution in [3.63, 3.8) is 0 Å². The Hall–Kier alpha value is -1.73. The Bertz CT molecular complexity index is 724. The zero-order chi connectivity index (χ0) is 20.4. The van der Waals surface area contributed by atoms with Crippen LogP contribution in [0.1, 0.15) is 19.3 Å². The fourth-order valence-corrected chi connectivity index (χ4v) is 5.14. The second-order valence-electron chi connectivity index (χ2n) is 8.65. The highest BCUT2D eigenvalue weighted by molar-refractivity contribution is 5.84. The lowest BCUT2D eigenvalue weighted by Gasteiger charge is -2.36. The number of anilines is 1. The SMILES string of the molecule is COc1ccc(F)cc1N1CCN(CCCN2CC3CC(=O)C(F)CC3C2)CC1. The lowest BCUT2D eigenvalue weighted by molar-refractivity contribution is -0.127. The van der Waals surface area contributed by atoms with Gasteiger partial charge in [0.25, 0.3) is 0 Å². The molecule has 3 aliphatic rings. The topological polar surface area (TPSA) is 36.0 Å². The molecule has 2 aliphatic heterocycles. The predicted molar refractivity (Wildman–Crippen MR) is 109 cm³/mol. The molecule has 3 fully saturated rings. The summed E-state index contributed by atoms with van der Waals surface area (Å²) in [6.45, 7) is 7.52. The van der Waals surface area contributed by atoms with Crippen LogP contribution in [0.2, 0.25) is 0 Å². The highest BCUT2D eigenvalue weighted by atomic mass is 19.1. The van der Waals surface area contributed by atoms with Gasteiger partial charge in [0, 0.05) is 51.8 Å². The Morgan fingerprint density at radius 3 is 2.55 bits per heavy atom. The molecule has 1 aromatic carbocycles. The minimum Gasteiger partial charge on any atom is -0.495 e. The summed E-state index contributed by atoms with van der Waals surface area (Å²) in [5, 5.41) is 0. The molecular formula is C22H31F2N3O2. The van der Waals surface area contributed by atoms with Crippen molar-refractivity contribution in [2.75, 3.05) is 64.4 Å². The van der Waals surface area contributed by atoms with Gasteiger partial charge < -0.3 is 14.5 Å². The standard InChI is InChI=1S/C22H31F2N3O2/c1-29-22-4-3-18(23)13-20(22)27-9-7-25(8-10-27)5-2-6-26-14-16-11-19(24)21(28)12-17(16)15-26/h3-4,13,16-17,19H,2,5-12,14-15H2,1H3. The number of ether oxygens (including phenoxy) is 1. The van der Waals surface area contributed by atoms with Crippen molar-refractivity contribution in [3.05, 3.63) is 24.0 Å². The molecule has 1 saturated carbocycles. The number of hydrogen-bond acceptors (Lipinski definition) is 5. The van der Waals surface area contributed by atoms with E-state index in [1.807, 2.05) is 0 Å². The summed E-state index contributed by atoms with van der Waals surface area (Å²) in [5.74, 6) is 0.993. The molecule has 29 heavy (non-hydrogen) atoms. The summed E-state index contributed by atoms with van der Waals surface area (Å²) in [6.07, 6.45) is 0.693. The van der Waals surface area contributed by atoms with Crippen molar-refractivity contribution >= 4 is 11.5 Å². The Kier molecular flexibility index (Phi) is 6.35. The molecule has 2 heterocycles. The average molecular weight is 408 g/mol. The monoisotopic (exact) mass is 407 g/mol. The highest BCUT2D eigenvalue weighted by Gasteiger charge is 2.41. The molecule has 1 aromatic rings. The molecular weight excluding hydrogens is 376 g/mol. The largest absolute Gasteiger partial charge is 0.495 e. The van der Waals surface area contributed by atoms with E-state index in [0.717, 1.165) is 64.5 Å². The number of carbonyl (C=O) groups excluding carboxylic acids is 1. The van der Waals surface area contributed by atoms with Crippen LogP contribution in [0, 0.1) is 17.7 Å². The van der Waals surface area contributed by atoms with Gasteiger partial charge in [0.2, 0.25) is 0 Å². The quantitative estimate of drug-likeness (QED) is 0.725. The number of Topliss-reactive ketones (excluding diaryl/α,β-unsaturated/α-hetero) is 1. The molecule has 1 aliphatic carbocycles. The number of methoxy groups -OCH3 is 1. The Morgan fingerprint density at radius 1 is 1.07 bits per heavy atom. The first-order valence-corrected chi connectivity index (χ1v) is 10.7. The van der Waals surface area contributed by atoms with Crippen LogP contribution in [0.5, 0.6) is 5.75 Å². The van der Waals surface area contributed by atoms with Crippen LogP contribution in [-0.4, -0.2) is 81.2 Å². The van der Waals surface area contributed by atoms with E-state index in [4.69, 9.17) is 4.74 Å². The van der Waals surface area contributed by atoms with Crippen LogP contribution in [-0.2, 0) is 4.79 Å². The van der Waals surface area contributed by atoms with Gasteiger partial charge in [0.15, 0.2) is 12.0 Å². The van der Waals surface area contributed by atoms with Crippen LogP contribution in [0.25, 0.3) is 0 Å². The minimum atomic E-state index is -1.23. The fourth-order valence-electron chi connectivity index (χ4n) is 5.14. The number of fused-ring (bicyclic) bond motifs is 1. The number of alkyl halides is 1. The molecule has 0 N–H and O–H groups in total. The Morgan fingerprint density at radius 2 is 1.79 bits per heavy atom. The van der Waals surface area contributed by atoms with Gasteiger partial charge in [-0.05, 0) is 49.9 Å². The van der Waals surface area contributed by atoms with Gasteiger partial charge >= 0.3 is 0 Å². The smallest absolute Gasteiger partial charge is 0.167 e. The first kappa shape index (κ1) is 20.5. The number of likely N-dealkylation sites (tertiary alicyclic amines) is 1. The van der Waals surface area contributed by atoms with Crippen molar-refractivity contribution in [1.82, 2.24) is 9.80 Å². The molecule has 0 amide bonds. The number of ketones is 1. The van der Waals surface area contributed by atoms with E-state index in [9.17, 15) is 13.6 Å². The molecule has 0 spiro atoms. The molecule has 0 bridgehead atoms. The highest BCUT2D eigenvalue weighted by Crippen LogP contribution is 2.36. The Balaban J connectivity index is 1.19.